The SMILES string of the molecule is CC(=O)N1CCN(C(=O)c2ccc(COc3ccc4c(c3)[C@H](c3cccc(C)c3)N(C(=O)C3CCCC3)CC4)o2)CC1. The van der Waals surface area contributed by atoms with Gasteiger partial charge in [-0.2, -0.15) is 0 Å². The van der Waals surface area contributed by atoms with Gasteiger partial charge in [0.05, 0.1) is 6.04 Å². The highest BCUT2D eigenvalue weighted by Gasteiger charge is 2.36. The van der Waals surface area contributed by atoms with Gasteiger partial charge < -0.3 is 23.9 Å². The summed E-state index contributed by atoms with van der Waals surface area (Å²) in [5, 5.41) is 0. The second-order valence-corrected chi connectivity index (χ2v) is 11.8. The maximum absolute atomic E-state index is 13.7. The molecule has 0 spiro atoms. The van der Waals surface area contributed by atoms with E-state index < -0.39 is 0 Å². The summed E-state index contributed by atoms with van der Waals surface area (Å²) in [6.45, 7) is 6.58. The lowest BCUT2D eigenvalue weighted by molar-refractivity contribution is -0.137. The number of carbonyl (C=O) groups excluding carboxylic acids is 3. The van der Waals surface area contributed by atoms with Gasteiger partial charge in [0.2, 0.25) is 11.8 Å². The van der Waals surface area contributed by atoms with E-state index in [0.29, 0.717) is 44.2 Å². The Labute approximate surface area is 247 Å². The summed E-state index contributed by atoms with van der Waals surface area (Å²) >= 11 is 0. The third-order valence-electron chi connectivity index (χ3n) is 8.96. The van der Waals surface area contributed by atoms with Crippen LogP contribution in [0.15, 0.2) is 59.0 Å². The number of hydrogen-bond donors (Lipinski definition) is 0. The molecule has 1 atom stereocenters. The van der Waals surface area contributed by atoms with Gasteiger partial charge in [-0.05, 0) is 67.1 Å². The van der Waals surface area contributed by atoms with Gasteiger partial charge in [0.25, 0.3) is 5.91 Å². The van der Waals surface area contributed by atoms with Crippen molar-refractivity contribution < 1.29 is 23.5 Å². The summed E-state index contributed by atoms with van der Waals surface area (Å²) in [7, 11) is 0. The van der Waals surface area contributed by atoms with E-state index in [0.717, 1.165) is 43.2 Å². The Kier molecular flexibility index (Phi) is 8.05. The number of piperazine rings is 1. The molecule has 0 bridgehead atoms. The molecule has 1 aromatic heterocycles. The van der Waals surface area contributed by atoms with Crippen LogP contribution in [0.5, 0.6) is 5.75 Å². The minimum atomic E-state index is -0.175. The van der Waals surface area contributed by atoms with Crippen LogP contribution in [0.3, 0.4) is 0 Å². The Morgan fingerprint density at radius 1 is 0.905 bits per heavy atom. The number of benzene rings is 2. The molecule has 6 rings (SSSR count). The average molecular weight is 570 g/mol. The second kappa shape index (κ2) is 12.0. The molecule has 1 saturated heterocycles. The van der Waals surface area contributed by atoms with Gasteiger partial charge in [-0.1, -0.05) is 48.7 Å². The second-order valence-electron chi connectivity index (χ2n) is 11.8. The van der Waals surface area contributed by atoms with Gasteiger partial charge in [0.1, 0.15) is 18.1 Å². The van der Waals surface area contributed by atoms with Gasteiger partial charge in [-0.15, -0.1) is 0 Å². The van der Waals surface area contributed by atoms with E-state index in [2.05, 4.69) is 48.2 Å². The van der Waals surface area contributed by atoms with Gasteiger partial charge in [0, 0.05) is 45.6 Å². The summed E-state index contributed by atoms with van der Waals surface area (Å²) in [6, 6.07) is 17.9. The van der Waals surface area contributed by atoms with Crippen molar-refractivity contribution in [2.75, 3.05) is 32.7 Å². The van der Waals surface area contributed by atoms with Crippen LogP contribution >= 0.6 is 0 Å². The Balaban J connectivity index is 1.18. The molecule has 2 aromatic carbocycles. The summed E-state index contributed by atoms with van der Waals surface area (Å²) in [6.07, 6.45) is 5.04. The zero-order valence-corrected chi connectivity index (χ0v) is 24.5. The quantitative estimate of drug-likeness (QED) is 0.411. The number of nitrogens with zero attached hydrogens (tertiary/aromatic N) is 3. The van der Waals surface area contributed by atoms with Crippen molar-refractivity contribution in [3.05, 3.63) is 88.4 Å². The first-order chi connectivity index (χ1) is 20.4. The zero-order valence-electron chi connectivity index (χ0n) is 24.5. The number of aryl methyl sites for hydroxylation is 1. The monoisotopic (exact) mass is 569 g/mol. The first kappa shape index (κ1) is 28.1. The number of rotatable bonds is 6. The van der Waals surface area contributed by atoms with Gasteiger partial charge in [0.15, 0.2) is 5.76 Å². The summed E-state index contributed by atoms with van der Waals surface area (Å²) in [4.78, 5) is 43.8. The van der Waals surface area contributed by atoms with E-state index in [4.69, 9.17) is 9.15 Å². The molecule has 220 valence electrons. The maximum Gasteiger partial charge on any atom is 0.289 e. The minimum Gasteiger partial charge on any atom is -0.486 e. The van der Waals surface area contributed by atoms with Crippen molar-refractivity contribution in [2.45, 2.75) is 58.6 Å². The average Bonchev–Trinajstić information content (AvgIpc) is 3.72. The fourth-order valence-electron chi connectivity index (χ4n) is 6.63. The number of fused-ring (bicyclic) bond motifs is 1. The van der Waals surface area contributed by atoms with Gasteiger partial charge in [-0.25, -0.2) is 0 Å². The third kappa shape index (κ3) is 5.80. The van der Waals surface area contributed by atoms with Crippen LogP contribution in [0.1, 0.15) is 77.2 Å². The largest absolute Gasteiger partial charge is 0.486 e. The molecule has 1 saturated carbocycles. The number of ether oxygens (including phenoxy) is 1. The van der Waals surface area contributed by atoms with E-state index in [1.807, 2.05) is 6.07 Å². The van der Waals surface area contributed by atoms with Crippen LogP contribution < -0.4 is 4.74 Å². The number of amides is 3. The van der Waals surface area contributed by atoms with Crippen molar-refractivity contribution in [1.82, 2.24) is 14.7 Å². The predicted molar refractivity (Wildman–Crippen MR) is 158 cm³/mol. The molecule has 0 unspecified atom stereocenters. The van der Waals surface area contributed by atoms with Crippen LogP contribution in [0.25, 0.3) is 0 Å². The Morgan fingerprint density at radius 3 is 2.40 bits per heavy atom. The third-order valence-corrected chi connectivity index (χ3v) is 8.96. The Bertz CT molecular complexity index is 1470. The highest BCUT2D eigenvalue weighted by molar-refractivity contribution is 5.91. The van der Waals surface area contributed by atoms with E-state index in [1.54, 1.807) is 28.9 Å². The van der Waals surface area contributed by atoms with Crippen molar-refractivity contribution in [2.24, 2.45) is 5.92 Å². The molecular weight excluding hydrogens is 530 g/mol. The lowest BCUT2D eigenvalue weighted by Gasteiger charge is -2.39. The smallest absolute Gasteiger partial charge is 0.289 e. The molecular formula is C34H39N3O5. The molecule has 1 aliphatic carbocycles. The van der Waals surface area contributed by atoms with Crippen molar-refractivity contribution in [3.8, 4) is 5.75 Å². The topological polar surface area (TPSA) is 83.3 Å². The molecule has 3 amide bonds. The Morgan fingerprint density at radius 2 is 1.67 bits per heavy atom. The molecule has 0 N–H and O–H groups in total. The molecule has 3 aliphatic rings. The van der Waals surface area contributed by atoms with Crippen molar-refractivity contribution in [1.29, 1.82) is 0 Å². The fraction of sp³-hybridized carbons (Fsp3) is 0.441. The van der Waals surface area contributed by atoms with E-state index in [9.17, 15) is 14.4 Å². The van der Waals surface area contributed by atoms with Gasteiger partial charge in [-0.3, -0.25) is 14.4 Å². The molecule has 2 aliphatic heterocycles. The number of furan rings is 1. The number of hydrogen-bond acceptors (Lipinski definition) is 5. The van der Waals surface area contributed by atoms with E-state index in [1.165, 1.54) is 11.1 Å². The first-order valence-electron chi connectivity index (χ1n) is 15.1. The van der Waals surface area contributed by atoms with Crippen molar-refractivity contribution >= 4 is 17.7 Å². The molecule has 3 aromatic rings. The normalized spacial score (nSPS) is 19.1. The standard InChI is InChI=1S/C34H39N3O5/c1-23-6-5-9-27(20-23)32-30-21-28(11-10-25(30)14-15-37(32)33(39)26-7-3-4-8-26)41-22-29-12-13-31(42-29)34(40)36-18-16-35(17-19-36)24(2)38/h5-6,9-13,20-21,26,32H,3-4,7-8,14-19,22H2,1-2H3/t32-/m0/s1. The maximum atomic E-state index is 13.7. The van der Waals surface area contributed by atoms with Crippen LogP contribution in [-0.4, -0.2) is 65.1 Å². The number of carbonyl (C=O) groups is 3. The molecule has 2 fully saturated rings. The highest BCUT2D eigenvalue weighted by atomic mass is 16.5. The Hall–Kier alpha value is -4.07. The highest BCUT2D eigenvalue weighted by Crippen LogP contribution is 2.40. The fourth-order valence-corrected chi connectivity index (χ4v) is 6.63. The molecule has 42 heavy (non-hydrogen) atoms. The van der Waals surface area contributed by atoms with Gasteiger partial charge >= 0.3 is 0 Å². The summed E-state index contributed by atoms with van der Waals surface area (Å²) < 4.78 is 12.0. The van der Waals surface area contributed by atoms with Crippen LogP contribution in [0.2, 0.25) is 0 Å². The predicted octanol–water partition coefficient (Wildman–Crippen LogP) is 5.14. The molecule has 8 heteroatoms. The van der Waals surface area contributed by atoms with Crippen molar-refractivity contribution in [3.63, 3.8) is 0 Å². The molecule has 3 heterocycles. The lowest BCUT2D eigenvalue weighted by Crippen LogP contribution is -2.50. The summed E-state index contributed by atoms with van der Waals surface area (Å²) in [5.41, 5.74) is 4.64. The first-order valence-corrected chi connectivity index (χ1v) is 15.1. The van der Waals surface area contributed by atoms with E-state index >= 15 is 0 Å². The minimum absolute atomic E-state index is 0.0278. The van der Waals surface area contributed by atoms with Crippen LogP contribution in [-0.2, 0) is 22.6 Å². The molecule has 8 nitrogen and oxygen atoms in total. The summed E-state index contributed by atoms with van der Waals surface area (Å²) in [5.74, 6) is 1.78. The zero-order chi connectivity index (χ0) is 29.2. The van der Waals surface area contributed by atoms with E-state index in [-0.39, 0.29) is 42.0 Å². The van der Waals surface area contributed by atoms with Crippen LogP contribution in [0, 0.1) is 12.8 Å². The molecule has 0 radical (unpaired) electrons. The van der Waals surface area contributed by atoms with Crippen LogP contribution in [0.4, 0.5) is 0 Å². The lowest BCUT2D eigenvalue weighted by atomic mass is 9.86.